The number of hydrogen-bond donors (Lipinski definition) is 0. The summed E-state index contributed by atoms with van der Waals surface area (Å²) in [4.78, 5) is 19.6. The molecule has 0 heterocycles. The van der Waals surface area contributed by atoms with Gasteiger partial charge in [0.15, 0.2) is 0 Å². The molecule has 0 aliphatic heterocycles. The second kappa shape index (κ2) is 12.0. The van der Waals surface area contributed by atoms with Gasteiger partial charge in [-0.15, -0.1) is 0 Å². The Kier molecular flexibility index (Phi) is 11.1. The van der Waals surface area contributed by atoms with Crippen molar-refractivity contribution in [3.05, 3.63) is 34.9 Å². The quantitative estimate of drug-likeness (QED) is 0.347. The van der Waals surface area contributed by atoms with E-state index in [4.69, 9.17) is 0 Å². The Labute approximate surface area is 135 Å². The summed E-state index contributed by atoms with van der Waals surface area (Å²) in [7, 11) is 0. The summed E-state index contributed by atoms with van der Waals surface area (Å²) >= 11 is 0. The molecule has 0 saturated carbocycles. The molecule has 0 unspecified atom stereocenters. The maximum absolute atomic E-state index is 9.81. The van der Waals surface area contributed by atoms with Crippen LogP contribution in [0.1, 0.15) is 73.1 Å². The van der Waals surface area contributed by atoms with Crippen LogP contribution in [-0.4, -0.2) is 11.9 Å². The Hall–Kier alpha value is -1.64. The number of rotatable bonds is 0. The van der Waals surface area contributed by atoms with Crippen molar-refractivity contribution in [2.75, 3.05) is 0 Å². The van der Waals surface area contributed by atoms with Crippen molar-refractivity contribution in [2.45, 2.75) is 73.1 Å². The van der Waals surface area contributed by atoms with Gasteiger partial charge in [0.1, 0.15) is 0 Å². The molecule has 0 saturated heterocycles. The lowest BCUT2D eigenvalue weighted by Crippen LogP contribution is -2.03. The Morgan fingerprint density at radius 2 is 1.09 bits per heavy atom. The fourth-order valence-electron chi connectivity index (χ4n) is 2.11. The molecule has 0 N–H and O–H groups in total. The lowest BCUT2D eigenvalue weighted by Gasteiger charge is -2.05. The van der Waals surface area contributed by atoms with Gasteiger partial charge in [-0.1, -0.05) is 34.9 Å². The smallest absolute Gasteiger partial charge is 0.310 e. The van der Waals surface area contributed by atoms with Crippen LogP contribution in [-0.2, 0) is 14.3 Å². The number of allylic oxidation sites excluding steroid dienone is 6. The molecule has 0 aromatic rings. The Morgan fingerprint density at radius 3 is 1.45 bits per heavy atom. The lowest BCUT2D eigenvalue weighted by molar-refractivity contribution is -0.156. The number of carbonyl (C=O) groups excluding carboxylic acids is 2. The molecular formula is C19H30O3. The largest absolute Gasteiger partial charge is 0.394 e. The van der Waals surface area contributed by atoms with Gasteiger partial charge < -0.3 is 4.74 Å². The molecule has 0 bridgehead atoms. The summed E-state index contributed by atoms with van der Waals surface area (Å²) in [6, 6.07) is 0. The molecule has 0 atom stereocenters. The molecule has 1 aliphatic carbocycles. The Balaban J connectivity index is 0.000000534. The zero-order valence-electron chi connectivity index (χ0n) is 14.7. The summed E-state index contributed by atoms with van der Waals surface area (Å²) in [5, 5.41) is 0. The van der Waals surface area contributed by atoms with E-state index in [9.17, 15) is 9.59 Å². The highest BCUT2D eigenvalue weighted by Crippen LogP contribution is 2.16. The Bertz CT molecular complexity index is 441. The highest BCUT2D eigenvalue weighted by Gasteiger charge is 1.96. The van der Waals surface area contributed by atoms with Gasteiger partial charge in [0.05, 0.1) is 0 Å². The third-order valence-corrected chi connectivity index (χ3v) is 3.38. The summed E-state index contributed by atoms with van der Waals surface area (Å²) in [5.74, 6) is -1.12. The average molecular weight is 306 g/mol. The van der Waals surface area contributed by atoms with Gasteiger partial charge in [0, 0.05) is 13.8 Å². The molecule has 0 fully saturated rings. The van der Waals surface area contributed by atoms with Crippen molar-refractivity contribution in [1.82, 2.24) is 0 Å². The molecule has 0 spiro atoms. The molecule has 1 aliphatic rings. The molecule has 3 heteroatoms. The van der Waals surface area contributed by atoms with Gasteiger partial charge in [-0.05, 0) is 59.3 Å². The van der Waals surface area contributed by atoms with E-state index in [-0.39, 0.29) is 0 Å². The third kappa shape index (κ3) is 13.3. The van der Waals surface area contributed by atoms with Gasteiger partial charge >= 0.3 is 11.9 Å². The second-order valence-electron chi connectivity index (χ2n) is 5.85. The van der Waals surface area contributed by atoms with Crippen LogP contribution < -0.4 is 0 Å². The summed E-state index contributed by atoms with van der Waals surface area (Å²) in [5.41, 5.74) is 4.65. The van der Waals surface area contributed by atoms with E-state index < -0.39 is 11.9 Å². The third-order valence-electron chi connectivity index (χ3n) is 3.38. The predicted molar refractivity (Wildman–Crippen MR) is 91.4 cm³/mol. The average Bonchev–Trinajstić information content (AvgIpc) is 2.39. The Morgan fingerprint density at radius 1 is 0.727 bits per heavy atom. The van der Waals surface area contributed by atoms with Crippen molar-refractivity contribution in [3.63, 3.8) is 0 Å². The maximum Gasteiger partial charge on any atom is 0.310 e. The van der Waals surface area contributed by atoms with Crippen molar-refractivity contribution >= 4 is 11.9 Å². The number of ether oxygens (including phenoxy) is 1. The molecule has 0 aromatic heterocycles. The van der Waals surface area contributed by atoms with E-state index in [0.29, 0.717) is 0 Å². The van der Waals surface area contributed by atoms with E-state index >= 15 is 0 Å². The van der Waals surface area contributed by atoms with E-state index in [0.717, 1.165) is 0 Å². The fourth-order valence-corrected chi connectivity index (χ4v) is 2.11. The second-order valence-corrected chi connectivity index (χ2v) is 5.85. The van der Waals surface area contributed by atoms with Crippen molar-refractivity contribution in [3.8, 4) is 0 Å². The topological polar surface area (TPSA) is 43.4 Å². The molecule has 0 radical (unpaired) electrons. The normalized spacial score (nSPS) is 23.6. The van der Waals surface area contributed by atoms with Gasteiger partial charge in [-0.3, -0.25) is 9.59 Å². The van der Waals surface area contributed by atoms with Crippen LogP contribution in [0.5, 0.6) is 0 Å². The minimum Gasteiger partial charge on any atom is -0.394 e. The summed E-state index contributed by atoms with van der Waals surface area (Å²) in [6.07, 6.45) is 14.6. The number of esters is 2. The monoisotopic (exact) mass is 306 g/mol. The van der Waals surface area contributed by atoms with Gasteiger partial charge in [0.2, 0.25) is 0 Å². The van der Waals surface area contributed by atoms with Gasteiger partial charge in [-0.25, -0.2) is 0 Å². The summed E-state index contributed by atoms with van der Waals surface area (Å²) in [6.45, 7) is 9.14. The minimum atomic E-state index is -0.562. The highest BCUT2D eigenvalue weighted by atomic mass is 16.6. The van der Waals surface area contributed by atoms with Crippen molar-refractivity contribution in [2.24, 2.45) is 0 Å². The van der Waals surface area contributed by atoms with Crippen LogP contribution >= 0.6 is 0 Å². The maximum atomic E-state index is 9.81. The van der Waals surface area contributed by atoms with Gasteiger partial charge in [0.25, 0.3) is 0 Å². The molecule has 3 nitrogen and oxygen atoms in total. The molecular weight excluding hydrogens is 276 g/mol. The van der Waals surface area contributed by atoms with E-state index in [1.807, 2.05) is 0 Å². The first-order chi connectivity index (χ1) is 10.3. The number of hydrogen-bond acceptors (Lipinski definition) is 3. The first-order valence-electron chi connectivity index (χ1n) is 7.97. The lowest BCUT2D eigenvalue weighted by atomic mass is 10.0. The minimum absolute atomic E-state index is 0.562. The van der Waals surface area contributed by atoms with Crippen LogP contribution in [0.25, 0.3) is 0 Å². The van der Waals surface area contributed by atoms with Crippen LogP contribution in [0.4, 0.5) is 0 Å². The van der Waals surface area contributed by atoms with Crippen molar-refractivity contribution < 1.29 is 14.3 Å². The molecule has 124 valence electrons. The zero-order chi connectivity index (χ0) is 17.0. The number of carbonyl (C=O) groups is 2. The van der Waals surface area contributed by atoms with E-state index in [2.05, 4.69) is 43.7 Å². The van der Waals surface area contributed by atoms with Crippen LogP contribution in [0.15, 0.2) is 34.9 Å². The highest BCUT2D eigenvalue weighted by molar-refractivity contribution is 5.82. The fraction of sp³-hybridized carbons (Fsp3) is 0.579. The molecule has 0 aromatic carbocycles. The zero-order valence-corrected chi connectivity index (χ0v) is 14.7. The first kappa shape index (κ1) is 20.4. The molecule has 1 rings (SSSR count). The molecule has 22 heavy (non-hydrogen) atoms. The van der Waals surface area contributed by atoms with Gasteiger partial charge in [-0.2, -0.15) is 0 Å². The van der Waals surface area contributed by atoms with Crippen LogP contribution in [0.3, 0.4) is 0 Å². The first-order valence-corrected chi connectivity index (χ1v) is 7.97. The summed E-state index contributed by atoms with van der Waals surface area (Å²) < 4.78 is 3.97. The van der Waals surface area contributed by atoms with E-state index in [1.165, 1.54) is 52.4 Å². The SMILES string of the molecule is C/C1=C/CC/C=C(\C)CC/C=C(\C)CC1.CC(=O)OC(C)=O. The predicted octanol–water partition coefficient (Wildman–Crippen LogP) is 5.28. The van der Waals surface area contributed by atoms with Crippen LogP contribution in [0.2, 0.25) is 0 Å². The molecule has 0 amide bonds. The standard InChI is InChI=1S/C15H24.C4H6O3/c1-13-7-4-5-8-14(2)11-12-15(3)10-6-9-13;1-3(5)7-4(2)6/h7-8,10H,4-6,9,11-12H2,1-3H3;1-2H3/b13-7+,14-8-,15-10+;. The van der Waals surface area contributed by atoms with Crippen molar-refractivity contribution in [1.29, 1.82) is 0 Å². The van der Waals surface area contributed by atoms with E-state index in [1.54, 1.807) is 16.7 Å². The van der Waals surface area contributed by atoms with Crippen LogP contribution in [0, 0.1) is 0 Å².